The topological polar surface area (TPSA) is 89.8 Å². The Labute approximate surface area is 115 Å². The van der Waals surface area contributed by atoms with Crippen LogP contribution in [-0.2, 0) is 9.53 Å². The fourth-order valence-electron chi connectivity index (χ4n) is 2.17. The van der Waals surface area contributed by atoms with E-state index in [4.69, 9.17) is 0 Å². The number of hydrogen-bond donors (Lipinski definition) is 0. The number of rotatable bonds is 3. The SMILES string of the molecule is COC(=O)c1cc(N2CCC(=O)CC2)ccc1[N+](=O)[O-]. The number of hydrogen-bond acceptors (Lipinski definition) is 6. The third-order valence-electron chi connectivity index (χ3n) is 3.27. The van der Waals surface area contributed by atoms with Crippen LogP contribution >= 0.6 is 0 Å². The second-order valence-corrected chi connectivity index (χ2v) is 4.48. The Balaban J connectivity index is 2.34. The van der Waals surface area contributed by atoms with Crippen molar-refractivity contribution in [1.82, 2.24) is 0 Å². The van der Waals surface area contributed by atoms with Gasteiger partial charge in [-0.05, 0) is 12.1 Å². The molecule has 2 rings (SSSR count). The van der Waals surface area contributed by atoms with Gasteiger partial charge in [0.15, 0.2) is 0 Å². The van der Waals surface area contributed by atoms with E-state index in [1.165, 1.54) is 19.2 Å². The van der Waals surface area contributed by atoms with E-state index < -0.39 is 10.9 Å². The molecule has 0 saturated carbocycles. The molecule has 0 bridgehead atoms. The van der Waals surface area contributed by atoms with Gasteiger partial charge in [-0.15, -0.1) is 0 Å². The number of piperidine rings is 1. The van der Waals surface area contributed by atoms with Crippen LogP contribution in [0, 0.1) is 10.1 Å². The minimum Gasteiger partial charge on any atom is -0.465 e. The lowest BCUT2D eigenvalue weighted by Gasteiger charge is -2.28. The highest BCUT2D eigenvalue weighted by Crippen LogP contribution is 2.27. The number of benzene rings is 1. The number of Topliss-reactive ketones (excluding diaryl/α,β-unsaturated/α-hetero) is 1. The number of carbonyl (C=O) groups excluding carboxylic acids is 2. The molecule has 1 heterocycles. The highest BCUT2D eigenvalue weighted by Gasteiger charge is 2.24. The predicted molar refractivity (Wildman–Crippen MR) is 70.9 cm³/mol. The van der Waals surface area contributed by atoms with Gasteiger partial charge in [-0.2, -0.15) is 0 Å². The van der Waals surface area contributed by atoms with Crippen molar-refractivity contribution in [2.75, 3.05) is 25.1 Å². The first-order chi connectivity index (χ1) is 9.52. The minimum absolute atomic E-state index is 0.0769. The Kier molecular flexibility index (Phi) is 3.97. The van der Waals surface area contributed by atoms with Crippen LogP contribution in [0.5, 0.6) is 0 Å². The molecule has 1 saturated heterocycles. The van der Waals surface area contributed by atoms with E-state index in [2.05, 4.69) is 4.74 Å². The zero-order chi connectivity index (χ0) is 14.7. The number of nitrogens with zero attached hydrogens (tertiary/aromatic N) is 2. The molecule has 0 amide bonds. The van der Waals surface area contributed by atoms with E-state index in [-0.39, 0.29) is 17.0 Å². The summed E-state index contributed by atoms with van der Waals surface area (Å²) in [6, 6.07) is 4.32. The second kappa shape index (κ2) is 5.68. The number of carbonyl (C=O) groups is 2. The zero-order valence-corrected chi connectivity index (χ0v) is 11.0. The molecule has 1 aliphatic rings. The van der Waals surface area contributed by atoms with Gasteiger partial charge in [0, 0.05) is 37.7 Å². The molecule has 106 valence electrons. The summed E-state index contributed by atoms with van der Waals surface area (Å²) >= 11 is 0. The van der Waals surface area contributed by atoms with Crippen LogP contribution in [0.15, 0.2) is 18.2 Å². The molecule has 0 radical (unpaired) electrons. The van der Waals surface area contributed by atoms with Crippen LogP contribution in [0.25, 0.3) is 0 Å². The maximum absolute atomic E-state index is 11.6. The molecule has 20 heavy (non-hydrogen) atoms. The molecule has 7 heteroatoms. The molecule has 1 aromatic rings. The van der Waals surface area contributed by atoms with Crippen molar-refractivity contribution < 1.29 is 19.2 Å². The maximum Gasteiger partial charge on any atom is 0.344 e. The quantitative estimate of drug-likeness (QED) is 0.473. The minimum atomic E-state index is -0.744. The number of nitro groups is 1. The first-order valence-electron chi connectivity index (χ1n) is 6.16. The average Bonchev–Trinajstić information content (AvgIpc) is 2.46. The molecule has 0 spiro atoms. The number of ketones is 1. The first-order valence-corrected chi connectivity index (χ1v) is 6.16. The van der Waals surface area contributed by atoms with Gasteiger partial charge in [0.05, 0.1) is 12.0 Å². The summed E-state index contributed by atoms with van der Waals surface area (Å²) in [5, 5.41) is 10.9. The van der Waals surface area contributed by atoms with E-state index >= 15 is 0 Å². The summed E-state index contributed by atoms with van der Waals surface area (Å²) in [5.41, 5.74) is 0.323. The van der Waals surface area contributed by atoms with E-state index in [0.29, 0.717) is 31.6 Å². The summed E-state index contributed by atoms with van der Waals surface area (Å²) in [4.78, 5) is 35.1. The normalized spacial score (nSPS) is 15.1. The summed E-state index contributed by atoms with van der Waals surface area (Å²) in [5.74, 6) is -0.539. The zero-order valence-electron chi connectivity index (χ0n) is 11.0. The van der Waals surface area contributed by atoms with Crippen LogP contribution in [0.1, 0.15) is 23.2 Å². The van der Waals surface area contributed by atoms with Crippen molar-refractivity contribution in [3.8, 4) is 0 Å². The summed E-state index contributed by atoms with van der Waals surface area (Å²) < 4.78 is 4.57. The van der Waals surface area contributed by atoms with Crippen molar-refractivity contribution in [1.29, 1.82) is 0 Å². The van der Waals surface area contributed by atoms with Crippen molar-refractivity contribution in [2.24, 2.45) is 0 Å². The molecule has 0 aliphatic carbocycles. The van der Waals surface area contributed by atoms with Crippen LogP contribution in [0.3, 0.4) is 0 Å². The summed E-state index contributed by atoms with van der Waals surface area (Å²) in [7, 11) is 1.18. The lowest BCUT2D eigenvalue weighted by molar-refractivity contribution is -0.385. The molecule has 0 unspecified atom stereocenters. The third kappa shape index (κ3) is 2.76. The van der Waals surface area contributed by atoms with Gasteiger partial charge < -0.3 is 9.64 Å². The number of esters is 1. The molecule has 0 atom stereocenters. The van der Waals surface area contributed by atoms with Crippen LogP contribution in [-0.4, -0.2) is 36.9 Å². The third-order valence-corrected chi connectivity index (χ3v) is 3.27. The molecule has 0 aromatic heterocycles. The standard InChI is InChI=1S/C13H14N2O5/c1-20-13(17)11-8-9(2-3-12(11)15(18)19)14-6-4-10(16)5-7-14/h2-3,8H,4-7H2,1H3. The van der Waals surface area contributed by atoms with Crippen molar-refractivity contribution >= 4 is 23.1 Å². The Morgan fingerprint density at radius 2 is 2.00 bits per heavy atom. The van der Waals surface area contributed by atoms with Gasteiger partial charge in [-0.25, -0.2) is 4.79 Å². The van der Waals surface area contributed by atoms with E-state index in [0.717, 1.165) is 0 Å². The van der Waals surface area contributed by atoms with Gasteiger partial charge in [-0.1, -0.05) is 0 Å². The lowest BCUT2D eigenvalue weighted by atomic mass is 10.1. The lowest BCUT2D eigenvalue weighted by Crippen LogP contribution is -2.33. The highest BCUT2D eigenvalue weighted by molar-refractivity contribution is 5.95. The van der Waals surface area contributed by atoms with Crippen molar-refractivity contribution in [3.05, 3.63) is 33.9 Å². The van der Waals surface area contributed by atoms with Gasteiger partial charge in [0.1, 0.15) is 11.3 Å². The Morgan fingerprint density at radius 1 is 1.35 bits per heavy atom. The van der Waals surface area contributed by atoms with Gasteiger partial charge in [-0.3, -0.25) is 14.9 Å². The molecule has 1 aliphatic heterocycles. The number of anilines is 1. The number of ether oxygens (including phenoxy) is 1. The van der Waals surface area contributed by atoms with Gasteiger partial charge in [0.25, 0.3) is 5.69 Å². The molecule has 0 N–H and O–H groups in total. The first kappa shape index (κ1) is 14.0. The fraction of sp³-hybridized carbons (Fsp3) is 0.385. The Bertz CT molecular complexity index is 560. The number of methoxy groups -OCH3 is 1. The molecular weight excluding hydrogens is 264 g/mol. The van der Waals surface area contributed by atoms with Crippen LogP contribution in [0.4, 0.5) is 11.4 Å². The van der Waals surface area contributed by atoms with Crippen molar-refractivity contribution in [2.45, 2.75) is 12.8 Å². The predicted octanol–water partition coefficient (Wildman–Crippen LogP) is 1.55. The largest absolute Gasteiger partial charge is 0.465 e. The van der Waals surface area contributed by atoms with Crippen LogP contribution in [0.2, 0.25) is 0 Å². The Morgan fingerprint density at radius 3 is 2.55 bits per heavy atom. The molecular formula is C13H14N2O5. The molecule has 7 nitrogen and oxygen atoms in total. The van der Waals surface area contributed by atoms with Crippen molar-refractivity contribution in [3.63, 3.8) is 0 Å². The fourth-order valence-corrected chi connectivity index (χ4v) is 2.17. The number of nitro benzene ring substituents is 1. The molecule has 1 aromatic carbocycles. The summed E-state index contributed by atoms with van der Waals surface area (Å²) in [6.45, 7) is 1.11. The van der Waals surface area contributed by atoms with Crippen LogP contribution < -0.4 is 4.90 Å². The second-order valence-electron chi connectivity index (χ2n) is 4.48. The highest BCUT2D eigenvalue weighted by atomic mass is 16.6. The smallest absolute Gasteiger partial charge is 0.344 e. The van der Waals surface area contributed by atoms with E-state index in [1.54, 1.807) is 6.07 Å². The van der Waals surface area contributed by atoms with Gasteiger partial charge >= 0.3 is 5.97 Å². The monoisotopic (exact) mass is 278 g/mol. The van der Waals surface area contributed by atoms with E-state index in [1.807, 2.05) is 4.90 Å². The Hall–Kier alpha value is -2.44. The van der Waals surface area contributed by atoms with E-state index in [9.17, 15) is 19.7 Å². The maximum atomic E-state index is 11.6. The van der Waals surface area contributed by atoms with Gasteiger partial charge in [0.2, 0.25) is 0 Å². The average molecular weight is 278 g/mol. The molecule has 1 fully saturated rings. The summed E-state index contributed by atoms with van der Waals surface area (Å²) in [6.07, 6.45) is 0.898.